The molecule has 0 aliphatic carbocycles. The number of anilines is 1. The van der Waals surface area contributed by atoms with Gasteiger partial charge in [0.15, 0.2) is 5.96 Å². The molecular weight excluding hydrogens is 467 g/mol. The largest absolute Gasteiger partial charge is 0.494 e. The third kappa shape index (κ3) is 9.59. The monoisotopic (exact) mass is 496 g/mol. The fourth-order valence-corrected chi connectivity index (χ4v) is 2.49. The highest BCUT2D eigenvalue weighted by Gasteiger charge is 2.00. The van der Waals surface area contributed by atoms with Gasteiger partial charge in [0.05, 0.1) is 6.61 Å². The zero-order valence-corrected chi connectivity index (χ0v) is 18.7. The first-order valence-corrected chi connectivity index (χ1v) is 9.16. The molecule has 0 saturated heterocycles. The number of nitrogens with one attached hydrogen (secondary N) is 3. The molecule has 0 aliphatic rings. The molecule has 0 aliphatic heterocycles. The second kappa shape index (κ2) is 13.8. The van der Waals surface area contributed by atoms with E-state index in [-0.39, 0.29) is 29.9 Å². The molecule has 2 rings (SSSR count). The summed E-state index contributed by atoms with van der Waals surface area (Å²) in [6, 6.07) is 17.7. The fraction of sp³-hybridized carbons (Fsp3) is 0.333. The Labute approximate surface area is 184 Å². The quantitative estimate of drug-likeness (QED) is 0.215. The van der Waals surface area contributed by atoms with Crippen LogP contribution in [0.2, 0.25) is 0 Å². The molecule has 0 saturated carbocycles. The molecule has 3 N–H and O–H groups in total. The Hall–Kier alpha value is -2.29. The maximum atomic E-state index is 11.0. The molecule has 0 fully saturated rings. The number of amides is 1. The zero-order chi connectivity index (χ0) is 19.3. The van der Waals surface area contributed by atoms with Gasteiger partial charge in [-0.15, -0.1) is 24.0 Å². The number of nitrogens with zero attached hydrogens (tertiary/aromatic N) is 1. The molecule has 2 aromatic rings. The second-order valence-electron chi connectivity index (χ2n) is 6.07. The fourth-order valence-electron chi connectivity index (χ4n) is 2.49. The highest BCUT2D eigenvalue weighted by Crippen LogP contribution is 2.10. The predicted octanol–water partition coefficient (Wildman–Crippen LogP) is 3.44. The van der Waals surface area contributed by atoms with Gasteiger partial charge in [0.25, 0.3) is 0 Å². The van der Waals surface area contributed by atoms with Crippen molar-refractivity contribution < 1.29 is 9.53 Å². The van der Waals surface area contributed by atoms with Crippen LogP contribution < -0.4 is 20.7 Å². The number of aliphatic imine (C=N–C) groups is 1. The summed E-state index contributed by atoms with van der Waals surface area (Å²) in [4.78, 5) is 15.3. The maximum absolute atomic E-state index is 11.0. The van der Waals surface area contributed by atoms with E-state index < -0.39 is 0 Å². The van der Waals surface area contributed by atoms with Crippen molar-refractivity contribution in [3.8, 4) is 5.75 Å². The van der Waals surface area contributed by atoms with E-state index in [0.717, 1.165) is 43.3 Å². The van der Waals surface area contributed by atoms with Crippen LogP contribution in [-0.4, -0.2) is 38.6 Å². The smallest absolute Gasteiger partial charge is 0.221 e. The van der Waals surface area contributed by atoms with Crippen LogP contribution in [0.15, 0.2) is 59.6 Å². The lowest BCUT2D eigenvalue weighted by molar-refractivity contribution is -0.114. The van der Waals surface area contributed by atoms with Gasteiger partial charge < -0.3 is 20.7 Å². The van der Waals surface area contributed by atoms with Gasteiger partial charge in [-0.1, -0.05) is 30.3 Å². The van der Waals surface area contributed by atoms with Crippen molar-refractivity contribution in [1.82, 2.24) is 10.6 Å². The molecule has 1 amide bonds. The van der Waals surface area contributed by atoms with Crippen LogP contribution >= 0.6 is 24.0 Å². The minimum absolute atomic E-state index is 0. The molecule has 6 nitrogen and oxygen atoms in total. The third-order valence-electron chi connectivity index (χ3n) is 3.83. The highest BCUT2D eigenvalue weighted by atomic mass is 127. The molecule has 7 heteroatoms. The van der Waals surface area contributed by atoms with Gasteiger partial charge in [-0.2, -0.15) is 0 Å². The van der Waals surface area contributed by atoms with Crippen LogP contribution in [0.3, 0.4) is 0 Å². The first-order chi connectivity index (χ1) is 13.2. The summed E-state index contributed by atoms with van der Waals surface area (Å²) < 4.78 is 5.67. The Morgan fingerprint density at radius 1 is 1.00 bits per heavy atom. The SMILES string of the molecule is CN=C(NCCCOc1ccccc1)NCCc1ccc(NC(C)=O)cc1.I. The topological polar surface area (TPSA) is 74.8 Å². The van der Waals surface area contributed by atoms with Gasteiger partial charge >= 0.3 is 0 Å². The van der Waals surface area contributed by atoms with Crippen LogP contribution in [-0.2, 0) is 11.2 Å². The van der Waals surface area contributed by atoms with Crippen LogP contribution in [0.1, 0.15) is 18.9 Å². The Bertz CT molecular complexity index is 721. The molecule has 0 bridgehead atoms. The van der Waals surface area contributed by atoms with Crippen molar-refractivity contribution in [3.05, 3.63) is 60.2 Å². The van der Waals surface area contributed by atoms with E-state index in [1.807, 2.05) is 54.6 Å². The number of guanidine groups is 1. The molecule has 0 atom stereocenters. The van der Waals surface area contributed by atoms with Gasteiger partial charge in [-0.25, -0.2) is 0 Å². The standard InChI is InChI=1S/C21H28N4O2.HI/c1-17(26)25-19-11-9-18(10-12-19)13-15-24-21(22-2)23-14-6-16-27-20-7-4-3-5-8-20;/h3-5,7-12H,6,13-16H2,1-2H3,(H,25,26)(H2,22,23,24);1H. The number of halogens is 1. The van der Waals surface area contributed by atoms with E-state index in [1.54, 1.807) is 7.05 Å². The summed E-state index contributed by atoms with van der Waals surface area (Å²) in [6.45, 7) is 3.73. The van der Waals surface area contributed by atoms with E-state index in [0.29, 0.717) is 6.61 Å². The molecule has 152 valence electrons. The van der Waals surface area contributed by atoms with Crippen molar-refractivity contribution >= 4 is 41.5 Å². The van der Waals surface area contributed by atoms with Crippen molar-refractivity contribution in [2.75, 3.05) is 32.1 Å². The summed E-state index contributed by atoms with van der Waals surface area (Å²) >= 11 is 0. The number of rotatable bonds is 9. The molecule has 0 unspecified atom stereocenters. The summed E-state index contributed by atoms with van der Waals surface area (Å²) in [5, 5.41) is 9.35. The number of ether oxygens (including phenoxy) is 1. The molecule has 0 spiro atoms. The van der Waals surface area contributed by atoms with Crippen molar-refractivity contribution in [2.24, 2.45) is 4.99 Å². The maximum Gasteiger partial charge on any atom is 0.221 e. The van der Waals surface area contributed by atoms with E-state index >= 15 is 0 Å². The van der Waals surface area contributed by atoms with Crippen LogP contribution in [0.4, 0.5) is 5.69 Å². The summed E-state index contributed by atoms with van der Waals surface area (Å²) in [7, 11) is 1.76. The first-order valence-electron chi connectivity index (χ1n) is 9.16. The molecule has 0 radical (unpaired) electrons. The van der Waals surface area contributed by atoms with E-state index in [9.17, 15) is 4.79 Å². The van der Waals surface area contributed by atoms with Crippen molar-refractivity contribution in [1.29, 1.82) is 0 Å². The van der Waals surface area contributed by atoms with E-state index in [1.165, 1.54) is 12.5 Å². The molecule has 0 heterocycles. The minimum atomic E-state index is -0.0616. The Morgan fingerprint density at radius 2 is 1.68 bits per heavy atom. The Kier molecular flexibility index (Phi) is 11.7. The number of carbonyl (C=O) groups is 1. The molecule has 2 aromatic carbocycles. The summed E-state index contributed by atoms with van der Waals surface area (Å²) in [5.41, 5.74) is 2.01. The number of benzene rings is 2. The molecule has 0 aromatic heterocycles. The van der Waals surface area contributed by atoms with Crippen molar-refractivity contribution in [2.45, 2.75) is 19.8 Å². The summed E-state index contributed by atoms with van der Waals surface area (Å²) in [6.07, 6.45) is 1.76. The average molecular weight is 496 g/mol. The van der Waals surface area contributed by atoms with Crippen LogP contribution in [0.5, 0.6) is 5.75 Å². The van der Waals surface area contributed by atoms with Gasteiger partial charge in [0.1, 0.15) is 5.75 Å². The number of hydrogen-bond donors (Lipinski definition) is 3. The third-order valence-corrected chi connectivity index (χ3v) is 3.83. The molecular formula is C21H29IN4O2. The van der Waals surface area contributed by atoms with Crippen molar-refractivity contribution in [3.63, 3.8) is 0 Å². The van der Waals surface area contributed by atoms with Crippen LogP contribution in [0, 0.1) is 0 Å². The van der Waals surface area contributed by atoms with E-state index in [2.05, 4.69) is 20.9 Å². The molecule has 28 heavy (non-hydrogen) atoms. The first kappa shape index (κ1) is 23.7. The Balaban J connectivity index is 0.00000392. The number of carbonyl (C=O) groups excluding carboxylic acids is 1. The van der Waals surface area contributed by atoms with Gasteiger partial charge in [0.2, 0.25) is 5.91 Å². The van der Waals surface area contributed by atoms with E-state index in [4.69, 9.17) is 4.74 Å². The Morgan fingerprint density at radius 3 is 2.32 bits per heavy atom. The normalized spacial score (nSPS) is 10.6. The highest BCUT2D eigenvalue weighted by molar-refractivity contribution is 14.0. The number of hydrogen-bond acceptors (Lipinski definition) is 3. The van der Waals surface area contributed by atoms with Gasteiger partial charge in [-0.3, -0.25) is 9.79 Å². The predicted molar refractivity (Wildman–Crippen MR) is 126 cm³/mol. The van der Waals surface area contributed by atoms with Gasteiger partial charge in [-0.05, 0) is 42.7 Å². The lowest BCUT2D eigenvalue weighted by atomic mass is 10.1. The zero-order valence-electron chi connectivity index (χ0n) is 16.4. The van der Waals surface area contributed by atoms with Gasteiger partial charge in [0, 0.05) is 32.7 Å². The summed E-state index contributed by atoms with van der Waals surface area (Å²) in [5.74, 6) is 1.61. The second-order valence-corrected chi connectivity index (χ2v) is 6.07. The average Bonchev–Trinajstić information content (AvgIpc) is 2.68. The van der Waals surface area contributed by atoms with Crippen LogP contribution in [0.25, 0.3) is 0 Å². The number of para-hydroxylation sites is 1. The lowest BCUT2D eigenvalue weighted by Crippen LogP contribution is -2.39. The lowest BCUT2D eigenvalue weighted by Gasteiger charge is -2.12. The minimum Gasteiger partial charge on any atom is -0.494 e.